The summed E-state index contributed by atoms with van der Waals surface area (Å²) in [5.74, 6) is -7.20. The molecule has 6 rings (SSSR count). The zero-order valence-electron chi connectivity index (χ0n) is 27.0. The molecule has 1 saturated carbocycles. The van der Waals surface area contributed by atoms with Gasteiger partial charge in [-0.25, -0.2) is 23.1 Å². The van der Waals surface area contributed by atoms with Crippen LogP contribution in [-0.2, 0) is 29.9 Å². The van der Waals surface area contributed by atoms with Crippen LogP contribution in [0.4, 0.5) is 35.1 Å². The maximum absolute atomic E-state index is 15.4. The summed E-state index contributed by atoms with van der Waals surface area (Å²) in [6, 6.07) is 4.14. The number of aromatic nitrogens is 4. The third kappa shape index (κ3) is 6.85. The fourth-order valence-electron chi connectivity index (χ4n) is 6.29. The Kier molecular flexibility index (Phi) is 8.73. The molecule has 9 nitrogen and oxygen atoms in total. The fraction of sp³-hybridized carbons (Fsp3) is 0.286. The van der Waals surface area contributed by atoms with Crippen molar-refractivity contribution in [1.29, 1.82) is 0 Å². The molecule has 2 aliphatic rings. The van der Waals surface area contributed by atoms with Crippen molar-refractivity contribution in [2.75, 3.05) is 0 Å². The first-order chi connectivity index (χ1) is 24.2. The third-order valence-corrected chi connectivity index (χ3v) is 8.46. The van der Waals surface area contributed by atoms with Crippen LogP contribution in [0.5, 0.6) is 0 Å². The molecule has 2 aromatic carbocycles. The highest BCUT2D eigenvalue weighted by molar-refractivity contribution is 5.94. The highest BCUT2D eigenvalue weighted by Gasteiger charge is 2.71. The Morgan fingerprint density at radius 3 is 2.40 bits per heavy atom. The van der Waals surface area contributed by atoms with Crippen molar-refractivity contribution < 1.29 is 49.8 Å². The summed E-state index contributed by atoms with van der Waals surface area (Å²) < 4.78 is 116. The van der Waals surface area contributed by atoms with Crippen LogP contribution in [0, 0.1) is 35.2 Å². The number of fused-ring (bicyclic) bond motifs is 3. The second-order valence-corrected chi connectivity index (χ2v) is 12.9. The largest absolute Gasteiger partial charge is 0.435 e. The second kappa shape index (κ2) is 12.5. The monoisotopic (exact) mass is 730 g/mol. The van der Waals surface area contributed by atoms with Gasteiger partial charge in [0, 0.05) is 29.3 Å². The maximum atomic E-state index is 15.4. The first-order valence-corrected chi connectivity index (χ1v) is 15.4. The number of rotatable bonds is 8. The zero-order chi connectivity index (χ0) is 38.1. The molecule has 0 bridgehead atoms. The van der Waals surface area contributed by atoms with Crippen molar-refractivity contribution >= 4 is 11.8 Å². The topological polar surface area (TPSA) is 136 Å². The molecule has 4 N–H and O–H groups in total. The molecule has 0 spiro atoms. The van der Waals surface area contributed by atoms with Crippen molar-refractivity contribution in [3.05, 3.63) is 112 Å². The van der Waals surface area contributed by atoms with Crippen LogP contribution >= 0.6 is 0 Å². The van der Waals surface area contributed by atoms with Gasteiger partial charge in [0.2, 0.25) is 11.7 Å². The minimum atomic E-state index is -5.14. The third-order valence-electron chi connectivity index (χ3n) is 8.46. The van der Waals surface area contributed by atoms with Gasteiger partial charge in [0.1, 0.15) is 35.3 Å². The van der Waals surface area contributed by atoms with Gasteiger partial charge in [0.15, 0.2) is 5.69 Å². The molecule has 2 aromatic heterocycles. The minimum Gasteiger partial charge on any atom is -0.378 e. The summed E-state index contributed by atoms with van der Waals surface area (Å²) in [5.41, 5.74) is -0.427. The van der Waals surface area contributed by atoms with Crippen LogP contribution in [0.1, 0.15) is 70.2 Å². The van der Waals surface area contributed by atoms with Crippen molar-refractivity contribution in [3.63, 3.8) is 0 Å². The quantitative estimate of drug-likeness (QED) is 0.125. The van der Waals surface area contributed by atoms with Gasteiger partial charge < -0.3 is 16.2 Å². The Morgan fingerprint density at radius 2 is 1.79 bits per heavy atom. The van der Waals surface area contributed by atoms with Crippen LogP contribution in [-0.4, -0.2) is 42.3 Å². The molecule has 17 heteroatoms. The van der Waals surface area contributed by atoms with Gasteiger partial charge in [-0.2, -0.15) is 27.1 Å². The number of halogens is 8. The van der Waals surface area contributed by atoms with E-state index in [2.05, 4.69) is 38.8 Å². The predicted molar refractivity (Wildman–Crippen MR) is 167 cm³/mol. The lowest BCUT2D eigenvalue weighted by Crippen LogP contribution is -2.35. The van der Waals surface area contributed by atoms with Gasteiger partial charge in [0.25, 0.3) is 11.8 Å². The maximum Gasteiger partial charge on any atom is 0.435 e. The SMILES string of the molecule is C=C1[C@@H]2c3c(C(F)(F)F)nn(CC(=O)N[C@@H](Cc4cc(F)cc(F)c4)c4nc(C#CC(C)(C)O)ncc4-c4ccc(F)c(C(N)=O)c4)c3C(F)(F)[C@H]12. The normalized spacial score (nSPS) is 17.9. The van der Waals surface area contributed by atoms with Gasteiger partial charge in [-0.3, -0.25) is 14.3 Å². The Hall–Kier alpha value is -5.63. The number of nitrogens with zero attached hydrogens (tertiary/aromatic N) is 4. The molecule has 270 valence electrons. The number of primary amides is 1. The van der Waals surface area contributed by atoms with E-state index < -0.39 is 100 Å². The Labute approximate surface area is 289 Å². The number of allylic oxidation sites excluding steroid dienone is 1. The van der Waals surface area contributed by atoms with E-state index in [9.17, 15) is 41.0 Å². The Morgan fingerprint density at radius 1 is 1.12 bits per heavy atom. The van der Waals surface area contributed by atoms with Gasteiger partial charge in [-0.05, 0) is 61.6 Å². The average molecular weight is 731 g/mol. The van der Waals surface area contributed by atoms with E-state index in [0.717, 1.165) is 30.5 Å². The van der Waals surface area contributed by atoms with E-state index in [1.807, 2.05) is 0 Å². The molecule has 2 aliphatic carbocycles. The van der Waals surface area contributed by atoms with E-state index >= 15 is 8.78 Å². The van der Waals surface area contributed by atoms with Gasteiger partial charge in [-0.15, -0.1) is 0 Å². The molecule has 2 heterocycles. The molecule has 0 aliphatic heterocycles. The molecular formula is C35H26F8N6O3. The molecule has 1 fully saturated rings. The number of alkyl halides is 5. The predicted octanol–water partition coefficient (Wildman–Crippen LogP) is 5.47. The van der Waals surface area contributed by atoms with Crippen LogP contribution in [0.3, 0.4) is 0 Å². The Bertz CT molecular complexity index is 2210. The summed E-state index contributed by atoms with van der Waals surface area (Å²) in [5, 5.41) is 16.0. The lowest BCUT2D eigenvalue weighted by molar-refractivity contribution is -0.142. The molecule has 0 unspecified atom stereocenters. The summed E-state index contributed by atoms with van der Waals surface area (Å²) in [6.45, 7) is 5.02. The fourth-order valence-corrected chi connectivity index (χ4v) is 6.29. The minimum absolute atomic E-state index is 0.00274. The molecule has 2 amide bonds. The number of carbonyl (C=O) groups excluding carboxylic acids is 2. The molecule has 3 atom stereocenters. The zero-order valence-corrected chi connectivity index (χ0v) is 27.0. The average Bonchev–Trinajstić information content (AvgIpc) is 3.43. The first-order valence-electron chi connectivity index (χ1n) is 15.4. The molecule has 4 aromatic rings. The summed E-state index contributed by atoms with van der Waals surface area (Å²) in [6.07, 6.45) is -4.44. The van der Waals surface area contributed by atoms with Crippen LogP contribution in [0.25, 0.3) is 11.1 Å². The summed E-state index contributed by atoms with van der Waals surface area (Å²) in [7, 11) is 0. The molecule has 0 saturated heterocycles. The van der Waals surface area contributed by atoms with Gasteiger partial charge >= 0.3 is 6.18 Å². The highest BCUT2D eigenvalue weighted by atomic mass is 19.4. The van der Waals surface area contributed by atoms with E-state index in [1.165, 1.54) is 19.9 Å². The number of aliphatic hydroxyl groups is 1. The van der Waals surface area contributed by atoms with Crippen molar-refractivity contribution in [1.82, 2.24) is 25.1 Å². The lowest BCUT2D eigenvalue weighted by atomic mass is 9.95. The number of benzene rings is 2. The summed E-state index contributed by atoms with van der Waals surface area (Å²) in [4.78, 5) is 34.1. The van der Waals surface area contributed by atoms with Gasteiger partial charge in [0.05, 0.1) is 23.2 Å². The number of hydrogen-bond donors (Lipinski definition) is 3. The number of amides is 2. The highest BCUT2D eigenvalue weighted by Crippen LogP contribution is 2.71. The van der Waals surface area contributed by atoms with Crippen molar-refractivity contribution in [2.24, 2.45) is 11.7 Å². The molecule has 0 radical (unpaired) electrons. The molecule has 52 heavy (non-hydrogen) atoms. The standard InChI is InChI=1S/C35H26F8N6O3/c1-15-26-27-30(35(41,42)43)48-49(31(27)34(39,40)28(15)26)14-25(50)46-23(10-16-8-18(36)12-19(37)9-16)29-21(13-45-24(47-29)6-7-33(2,3)52)17-4-5-22(38)20(11-17)32(44)51/h4-5,8-9,11-13,23,26,28,52H,1,10,14H2,2-3H3,(H2,44,51)(H,46,50)/t23-,26+,28+/m0/s1. The first kappa shape index (κ1) is 36.2. The van der Waals surface area contributed by atoms with E-state index in [-0.39, 0.29) is 38.5 Å². The Balaban J connectivity index is 1.47. The second-order valence-electron chi connectivity index (χ2n) is 12.9. The van der Waals surface area contributed by atoms with Crippen LogP contribution < -0.4 is 11.1 Å². The van der Waals surface area contributed by atoms with Crippen molar-refractivity contribution in [3.8, 4) is 23.0 Å². The van der Waals surface area contributed by atoms with E-state index in [1.54, 1.807) is 0 Å². The van der Waals surface area contributed by atoms with Crippen LogP contribution in [0.15, 0.2) is 54.7 Å². The lowest BCUT2D eigenvalue weighted by Gasteiger charge is -2.22. The van der Waals surface area contributed by atoms with Crippen LogP contribution in [0.2, 0.25) is 0 Å². The number of hydrogen-bond acceptors (Lipinski definition) is 6. The van der Waals surface area contributed by atoms with E-state index in [0.29, 0.717) is 6.07 Å². The van der Waals surface area contributed by atoms with Gasteiger partial charge in [-0.1, -0.05) is 24.1 Å². The summed E-state index contributed by atoms with van der Waals surface area (Å²) >= 11 is 0. The number of nitrogens with two attached hydrogens (primary N) is 1. The molecular weight excluding hydrogens is 704 g/mol. The number of carbonyl (C=O) groups is 2. The number of nitrogens with one attached hydrogen (secondary N) is 1. The van der Waals surface area contributed by atoms with Crippen molar-refractivity contribution in [2.45, 2.75) is 56.5 Å². The smallest absolute Gasteiger partial charge is 0.378 e. The van der Waals surface area contributed by atoms with E-state index in [4.69, 9.17) is 5.73 Å².